The lowest BCUT2D eigenvalue weighted by Crippen LogP contribution is -2.41. The Labute approximate surface area is 113 Å². The molecule has 0 unspecified atom stereocenters. The van der Waals surface area contributed by atoms with Crippen LogP contribution in [0.25, 0.3) is 0 Å². The minimum atomic E-state index is -0.752. The number of carboxylic acid groups (broad SMARTS) is 1. The van der Waals surface area contributed by atoms with Crippen LogP contribution in [0.1, 0.15) is 44.9 Å². The van der Waals surface area contributed by atoms with Gasteiger partial charge in [0.2, 0.25) is 0 Å². The molecule has 5 nitrogen and oxygen atoms in total. The highest BCUT2D eigenvalue weighted by molar-refractivity contribution is 5.75. The molecule has 1 saturated carbocycles. The van der Waals surface area contributed by atoms with E-state index in [1.807, 2.05) is 0 Å². The third kappa shape index (κ3) is 4.26. The molecule has 0 heterocycles. The highest BCUT2D eigenvalue weighted by Gasteiger charge is 2.30. The Bertz CT molecular complexity index is 379. The third-order valence-corrected chi connectivity index (χ3v) is 3.98. The summed E-state index contributed by atoms with van der Waals surface area (Å²) >= 11 is 0. The van der Waals surface area contributed by atoms with Gasteiger partial charge in [-0.15, -0.1) is 0 Å². The van der Waals surface area contributed by atoms with Gasteiger partial charge in [0.15, 0.2) is 0 Å². The number of hydrogen-bond acceptors (Lipinski definition) is 2. The van der Waals surface area contributed by atoms with Crippen molar-refractivity contribution in [2.45, 2.75) is 51.0 Å². The van der Waals surface area contributed by atoms with Gasteiger partial charge in [0.25, 0.3) is 0 Å². The molecule has 0 bridgehead atoms. The molecule has 2 amide bonds. The number of aliphatic carboxylic acids is 1. The molecule has 106 valence electrons. The summed E-state index contributed by atoms with van der Waals surface area (Å²) < 4.78 is 0. The normalized spacial score (nSPS) is 26.0. The van der Waals surface area contributed by atoms with Crippen LogP contribution in [-0.4, -0.2) is 29.7 Å². The van der Waals surface area contributed by atoms with Gasteiger partial charge in [-0.3, -0.25) is 4.79 Å². The van der Waals surface area contributed by atoms with Crippen molar-refractivity contribution >= 4 is 12.0 Å². The van der Waals surface area contributed by atoms with Gasteiger partial charge >= 0.3 is 12.0 Å². The summed E-state index contributed by atoms with van der Waals surface area (Å²) in [6.45, 7) is 0.659. The summed E-state index contributed by atoms with van der Waals surface area (Å²) in [7, 11) is 0. The van der Waals surface area contributed by atoms with E-state index in [4.69, 9.17) is 5.11 Å². The fourth-order valence-corrected chi connectivity index (χ4v) is 2.87. The predicted molar refractivity (Wildman–Crippen MR) is 71.9 cm³/mol. The fraction of sp³-hybridized carbons (Fsp3) is 0.714. The molecule has 0 spiro atoms. The maximum Gasteiger partial charge on any atom is 0.315 e. The molecule has 0 aromatic rings. The first-order valence-corrected chi connectivity index (χ1v) is 7.10. The lowest BCUT2D eigenvalue weighted by Gasteiger charge is -2.13. The van der Waals surface area contributed by atoms with Crippen LogP contribution < -0.4 is 10.6 Å². The van der Waals surface area contributed by atoms with Crippen LogP contribution in [0.4, 0.5) is 4.79 Å². The zero-order valence-corrected chi connectivity index (χ0v) is 11.2. The van der Waals surface area contributed by atoms with E-state index in [9.17, 15) is 9.59 Å². The molecule has 2 atom stereocenters. The molecule has 1 fully saturated rings. The maximum atomic E-state index is 11.7. The van der Waals surface area contributed by atoms with Crippen molar-refractivity contribution in [1.82, 2.24) is 10.6 Å². The van der Waals surface area contributed by atoms with Gasteiger partial charge in [0.1, 0.15) is 0 Å². The standard InChI is InChI=1S/C14H22N2O3/c17-13(18)11-5-6-12(9-11)16-14(19)15-8-7-10-3-1-2-4-10/h3,11-12H,1-2,4-9H2,(H,17,18)(H2,15,16,19)/t11-,12+/m1/s1. The SMILES string of the molecule is O=C(NCCC1=CCCC1)N[C@H]1CC[C@@H](C(=O)O)C1. The van der Waals surface area contributed by atoms with Crippen LogP contribution in [-0.2, 0) is 4.79 Å². The highest BCUT2D eigenvalue weighted by Crippen LogP contribution is 2.25. The lowest BCUT2D eigenvalue weighted by molar-refractivity contribution is -0.141. The molecule has 0 aliphatic heterocycles. The van der Waals surface area contributed by atoms with E-state index in [1.54, 1.807) is 0 Å². The van der Waals surface area contributed by atoms with Gasteiger partial charge in [0.05, 0.1) is 5.92 Å². The van der Waals surface area contributed by atoms with Gasteiger partial charge < -0.3 is 15.7 Å². The summed E-state index contributed by atoms with van der Waals surface area (Å²) in [5, 5.41) is 14.6. The van der Waals surface area contributed by atoms with Crippen molar-refractivity contribution in [3.8, 4) is 0 Å². The lowest BCUT2D eigenvalue weighted by atomic mass is 10.1. The highest BCUT2D eigenvalue weighted by atomic mass is 16.4. The van der Waals surface area contributed by atoms with E-state index in [0.29, 0.717) is 19.4 Å². The van der Waals surface area contributed by atoms with Crippen LogP contribution >= 0.6 is 0 Å². The van der Waals surface area contributed by atoms with E-state index in [2.05, 4.69) is 16.7 Å². The first-order chi connectivity index (χ1) is 9.15. The second kappa shape index (κ2) is 6.59. The first kappa shape index (κ1) is 13.9. The smallest absolute Gasteiger partial charge is 0.315 e. The third-order valence-electron chi connectivity index (χ3n) is 3.98. The van der Waals surface area contributed by atoms with Crippen molar-refractivity contribution in [1.29, 1.82) is 0 Å². The molecule has 0 radical (unpaired) electrons. The minimum absolute atomic E-state index is 0.00629. The molecule has 0 aromatic heterocycles. The number of urea groups is 1. The average molecular weight is 266 g/mol. The largest absolute Gasteiger partial charge is 0.481 e. The van der Waals surface area contributed by atoms with Gasteiger partial charge in [-0.1, -0.05) is 11.6 Å². The monoisotopic (exact) mass is 266 g/mol. The van der Waals surface area contributed by atoms with Crippen LogP contribution in [0.5, 0.6) is 0 Å². The van der Waals surface area contributed by atoms with Gasteiger partial charge in [-0.25, -0.2) is 4.79 Å². The number of carbonyl (C=O) groups excluding carboxylic acids is 1. The molecular weight excluding hydrogens is 244 g/mol. The summed E-state index contributed by atoms with van der Waals surface area (Å²) in [6.07, 6.45) is 8.72. The topological polar surface area (TPSA) is 78.4 Å². The number of allylic oxidation sites excluding steroid dienone is 1. The minimum Gasteiger partial charge on any atom is -0.481 e. The molecule has 0 saturated heterocycles. The zero-order valence-electron chi connectivity index (χ0n) is 11.2. The number of hydrogen-bond donors (Lipinski definition) is 3. The maximum absolute atomic E-state index is 11.7. The van der Waals surface area contributed by atoms with Crippen molar-refractivity contribution in [2.75, 3.05) is 6.54 Å². The van der Waals surface area contributed by atoms with Crippen molar-refractivity contribution in [2.24, 2.45) is 5.92 Å². The van der Waals surface area contributed by atoms with Gasteiger partial charge in [0, 0.05) is 12.6 Å². The summed E-state index contributed by atoms with van der Waals surface area (Å²) in [4.78, 5) is 22.5. The molecular formula is C14H22N2O3. The second-order valence-electron chi connectivity index (χ2n) is 5.45. The number of carboxylic acids is 1. The Morgan fingerprint density at radius 3 is 2.84 bits per heavy atom. The molecule has 0 aromatic carbocycles. The van der Waals surface area contributed by atoms with Crippen molar-refractivity contribution < 1.29 is 14.7 Å². The van der Waals surface area contributed by atoms with E-state index in [-0.39, 0.29) is 18.0 Å². The van der Waals surface area contributed by atoms with E-state index < -0.39 is 5.97 Å². The van der Waals surface area contributed by atoms with Crippen LogP contribution in [0, 0.1) is 5.92 Å². The van der Waals surface area contributed by atoms with Gasteiger partial charge in [-0.2, -0.15) is 0 Å². The molecule has 2 aliphatic rings. The number of carbonyl (C=O) groups is 2. The number of amides is 2. The molecule has 3 N–H and O–H groups in total. The summed E-state index contributed by atoms with van der Waals surface area (Å²) in [5.41, 5.74) is 1.44. The first-order valence-electron chi connectivity index (χ1n) is 7.10. The Balaban J connectivity index is 1.60. The van der Waals surface area contributed by atoms with Crippen molar-refractivity contribution in [3.05, 3.63) is 11.6 Å². The Hall–Kier alpha value is -1.52. The molecule has 2 rings (SSSR count). The van der Waals surface area contributed by atoms with E-state index >= 15 is 0 Å². The fourth-order valence-electron chi connectivity index (χ4n) is 2.87. The van der Waals surface area contributed by atoms with Gasteiger partial charge in [-0.05, 0) is 44.9 Å². The number of nitrogens with one attached hydrogen (secondary N) is 2. The summed E-state index contributed by atoms with van der Waals surface area (Å²) in [6, 6.07) is -0.165. The van der Waals surface area contributed by atoms with Crippen LogP contribution in [0.2, 0.25) is 0 Å². The average Bonchev–Trinajstić information content (AvgIpc) is 3.00. The summed E-state index contributed by atoms with van der Waals surface area (Å²) in [5.74, 6) is -1.05. The quantitative estimate of drug-likeness (QED) is 0.666. The van der Waals surface area contributed by atoms with Crippen LogP contribution in [0.3, 0.4) is 0 Å². The van der Waals surface area contributed by atoms with Crippen molar-refractivity contribution in [3.63, 3.8) is 0 Å². The molecule has 2 aliphatic carbocycles. The Morgan fingerprint density at radius 1 is 1.37 bits per heavy atom. The molecule has 5 heteroatoms. The predicted octanol–water partition coefficient (Wildman–Crippen LogP) is 2.04. The zero-order chi connectivity index (χ0) is 13.7. The van der Waals surface area contributed by atoms with Crippen LogP contribution in [0.15, 0.2) is 11.6 Å². The Kier molecular flexibility index (Phi) is 4.82. The second-order valence-corrected chi connectivity index (χ2v) is 5.45. The van der Waals surface area contributed by atoms with E-state index in [1.165, 1.54) is 18.4 Å². The number of rotatable bonds is 5. The Morgan fingerprint density at radius 2 is 2.21 bits per heavy atom. The van der Waals surface area contributed by atoms with E-state index in [0.717, 1.165) is 19.3 Å². The molecule has 19 heavy (non-hydrogen) atoms.